The summed E-state index contributed by atoms with van der Waals surface area (Å²) in [6.45, 7) is 1.71. The van der Waals surface area contributed by atoms with Crippen LogP contribution in [0.5, 0.6) is 0 Å². The first-order chi connectivity index (χ1) is 8.79. The SMILES string of the molecule is Cc1sc(Br)cc1S(=O)(=O)Nc1ccc(C(=O)O)s1. The van der Waals surface area contributed by atoms with Gasteiger partial charge in [-0.3, -0.25) is 4.72 Å². The number of halogens is 1. The Balaban J connectivity index is 2.31. The minimum Gasteiger partial charge on any atom is -0.477 e. The van der Waals surface area contributed by atoms with E-state index in [0.29, 0.717) is 4.88 Å². The van der Waals surface area contributed by atoms with Crippen LogP contribution < -0.4 is 4.72 Å². The number of rotatable bonds is 4. The van der Waals surface area contributed by atoms with E-state index in [2.05, 4.69) is 20.7 Å². The summed E-state index contributed by atoms with van der Waals surface area (Å²) in [5, 5.41) is 9.07. The van der Waals surface area contributed by atoms with E-state index < -0.39 is 16.0 Å². The van der Waals surface area contributed by atoms with E-state index >= 15 is 0 Å². The summed E-state index contributed by atoms with van der Waals surface area (Å²) in [7, 11) is -3.69. The molecule has 2 aromatic rings. The number of nitrogens with one attached hydrogen (secondary N) is 1. The minimum atomic E-state index is -3.69. The first-order valence-electron chi connectivity index (χ1n) is 4.91. The van der Waals surface area contributed by atoms with Crippen molar-refractivity contribution in [1.29, 1.82) is 0 Å². The highest BCUT2D eigenvalue weighted by Gasteiger charge is 2.20. The van der Waals surface area contributed by atoms with Crippen LogP contribution in [0.4, 0.5) is 5.00 Å². The average molecular weight is 382 g/mol. The van der Waals surface area contributed by atoms with E-state index in [0.717, 1.165) is 15.1 Å². The molecule has 0 spiro atoms. The molecule has 19 heavy (non-hydrogen) atoms. The van der Waals surface area contributed by atoms with E-state index in [1.807, 2.05) is 0 Å². The lowest BCUT2D eigenvalue weighted by Gasteiger charge is -2.04. The van der Waals surface area contributed by atoms with Gasteiger partial charge in [-0.05, 0) is 41.1 Å². The Hall–Kier alpha value is -0.900. The van der Waals surface area contributed by atoms with Crippen molar-refractivity contribution in [3.8, 4) is 0 Å². The molecule has 0 aliphatic rings. The first kappa shape index (κ1) is 14.5. The summed E-state index contributed by atoms with van der Waals surface area (Å²) in [5.41, 5.74) is 0. The summed E-state index contributed by atoms with van der Waals surface area (Å²) in [6, 6.07) is 4.32. The van der Waals surface area contributed by atoms with Gasteiger partial charge in [0, 0.05) is 4.88 Å². The van der Waals surface area contributed by atoms with E-state index in [9.17, 15) is 13.2 Å². The lowest BCUT2D eigenvalue weighted by molar-refractivity contribution is 0.0702. The Morgan fingerprint density at radius 2 is 2.05 bits per heavy atom. The quantitative estimate of drug-likeness (QED) is 0.849. The highest BCUT2D eigenvalue weighted by atomic mass is 79.9. The fraction of sp³-hybridized carbons (Fsp3) is 0.100. The van der Waals surface area contributed by atoms with E-state index in [1.54, 1.807) is 6.92 Å². The lowest BCUT2D eigenvalue weighted by atomic mass is 10.5. The Morgan fingerprint density at radius 3 is 2.53 bits per heavy atom. The minimum absolute atomic E-state index is 0.0842. The van der Waals surface area contributed by atoms with Gasteiger partial charge in [0.1, 0.15) is 14.8 Å². The van der Waals surface area contributed by atoms with Gasteiger partial charge in [0.05, 0.1) is 3.79 Å². The van der Waals surface area contributed by atoms with Crippen molar-refractivity contribution in [2.24, 2.45) is 0 Å². The first-order valence-corrected chi connectivity index (χ1v) is 8.82. The second kappa shape index (κ2) is 5.23. The van der Waals surface area contributed by atoms with Crippen molar-refractivity contribution < 1.29 is 18.3 Å². The zero-order valence-electron chi connectivity index (χ0n) is 9.51. The second-order valence-electron chi connectivity index (χ2n) is 3.55. The molecule has 0 atom stereocenters. The van der Waals surface area contributed by atoms with Gasteiger partial charge in [0.25, 0.3) is 10.0 Å². The summed E-state index contributed by atoms with van der Waals surface area (Å²) < 4.78 is 27.4. The topological polar surface area (TPSA) is 83.5 Å². The number of carbonyl (C=O) groups is 1. The van der Waals surface area contributed by atoms with Crippen LogP contribution >= 0.6 is 38.6 Å². The highest BCUT2D eigenvalue weighted by molar-refractivity contribution is 9.11. The van der Waals surface area contributed by atoms with Gasteiger partial charge >= 0.3 is 5.97 Å². The molecule has 0 aliphatic carbocycles. The van der Waals surface area contributed by atoms with Crippen molar-refractivity contribution in [1.82, 2.24) is 0 Å². The molecule has 0 unspecified atom stereocenters. The van der Waals surface area contributed by atoms with Crippen molar-refractivity contribution in [3.05, 3.63) is 31.7 Å². The standard InChI is InChI=1S/C10H8BrNO4S3/c1-5-7(4-8(11)17-5)19(15,16)12-9-3-2-6(18-9)10(13)14/h2-4,12H,1H3,(H,13,14). The molecule has 2 rings (SSSR count). The summed E-state index contributed by atoms with van der Waals surface area (Å²) in [5.74, 6) is -1.08. The Kier molecular flexibility index (Phi) is 4.00. The molecule has 0 saturated carbocycles. The third kappa shape index (κ3) is 3.16. The maximum atomic E-state index is 12.1. The number of thiophene rings is 2. The number of carboxylic acids is 1. The Morgan fingerprint density at radius 1 is 1.37 bits per heavy atom. The third-order valence-electron chi connectivity index (χ3n) is 2.18. The van der Waals surface area contributed by atoms with Crippen LogP contribution in [0.2, 0.25) is 0 Å². The van der Waals surface area contributed by atoms with Crippen molar-refractivity contribution in [2.45, 2.75) is 11.8 Å². The maximum Gasteiger partial charge on any atom is 0.345 e. The number of sulfonamides is 1. The molecule has 102 valence electrons. The van der Waals surface area contributed by atoms with Crippen LogP contribution in [0.1, 0.15) is 14.5 Å². The predicted octanol–water partition coefficient (Wildman–Crippen LogP) is 3.38. The number of anilines is 1. The molecule has 2 N–H and O–H groups in total. The van der Waals surface area contributed by atoms with Gasteiger partial charge in [-0.1, -0.05) is 0 Å². The van der Waals surface area contributed by atoms with E-state index in [-0.39, 0.29) is 14.8 Å². The number of aryl methyl sites for hydroxylation is 1. The van der Waals surface area contributed by atoms with Crippen molar-refractivity contribution in [3.63, 3.8) is 0 Å². The van der Waals surface area contributed by atoms with Gasteiger partial charge in [0.15, 0.2) is 0 Å². The lowest BCUT2D eigenvalue weighted by Crippen LogP contribution is -2.12. The van der Waals surface area contributed by atoms with Gasteiger partial charge in [-0.2, -0.15) is 0 Å². The van der Waals surface area contributed by atoms with Crippen LogP contribution in [-0.4, -0.2) is 19.5 Å². The molecule has 5 nitrogen and oxygen atoms in total. The Bertz CT molecular complexity index is 732. The van der Waals surface area contributed by atoms with Crippen molar-refractivity contribution in [2.75, 3.05) is 4.72 Å². The second-order valence-corrected chi connectivity index (χ2v) is 8.92. The van der Waals surface area contributed by atoms with Crippen LogP contribution in [0.3, 0.4) is 0 Å². The largest absolute Gasteiger partial charge is 0.477 e. The van der Waals surface area contributed by atoms with Crippen LogP contribution in [-0.2, 0) is 10.0 Å². The smallest absolute Gasteiger partial charge is 0.345 e. The molecule has 9 heteroatoms. The van der Waals surface area contributed by atoms with Gasteiger partial charge in [-0.25, -0.2) is 13.2 Å². The normalized spacial score (nSPS) is 11.5. The number of hydrogen-bond donors (Lipinski definition) is 2. The highest BCUT2D eigenvalue weighted by Crippen LogP contribution is 2.32. The molecule has 2 heterocycles. The monoisotopic (exact) mass is 381 g/mol. The van der Waals surface area contributed by atoms with E-state index in [1.165, 1.54) is 29.5 Å². The maximum absolute atomic E-state index is 12.1. The van der Waals surface area contributed by atoms with Crippen LogP contribution in [0, 0.1) is 6.92 Å². The molecular weight excluding hydrogens is 374 g/mol. The van der Waals surface area contributed by atoms with E-state index in [4.69, 9.17) is 5.11 Å². The van der Waals surface area contributed by atoms with Crippen LogP contribution in [0.15, 0.2) is 26.9 Å². The zero-order chi connectivity index (χ0) is 14.2. The Labute approximate surface area is 126 Å². The number of carboxylic acid groups (broad SMARTS) is 1. The fourth-order valence-corrected chi connectivity index (χ4v) is 5.85. The average Bonchev–Trinajstić information content (AvgIpc) is 2.85. The zero-order valence-corrected chi connectivity index (χ0v) is 13.5. The predicted molar refractivity (Wildman–Crippen MR) is 78.8 cm³/mol. The molecule has 0 saturated heterocycles. The summed E-state index contributed by atoms with van der Waals surface area (Å²) >= 11 is 5.44. The fourth-order valence-electron chi connectivity index (χ4n) is 1.39. The number of hydrogen-bond acceptors (Lipinski definition) is 5. The van der Waals surface area contributed by atoms with Gasteiger partial charge in [0.2, 0.25) is 0 Å². The van der Waals surface area contributed by atoms with Gasteiger partial charge < -0.3 is 5.11 Å². The van der Waals surface area contributed by atoms with Gasteiger partial charge in [-0.15, -0.1) is 22.7 Å². The third-order valence-corrected chi connectivity index (χ3v) is 6.48. The molecule has 0 aromatic carbocycles. The molecule has 0 fully saturated rings. The summed E-state index contributed by atoms with van der Waals surface area (Å²) in [4.78, 5) is 11.7. The molecule has 0 bridgehead atoms. The van der Waals surface area contributed by atoms with Crippen molar-refractivity contribution >= 4 is 59.6 Å². The summed E-state index contributed by atoms with van der Waals surface area (Å²) in [6.07, 6.45) is 0. The molecule has 0 amide bonds. The molecular formula is C10H8BrNO4S3. The van der Waals surface area contributed by atoms with Crippen LogP contribution in [0.25, 0.3) is 0 Å². The molecule has 0 radical (unpaired) electrons. The number of aromatic carboxylic acids is 1. The molecule has 2 aromatic heterocycles. The molecule has 0 aliphatic heterocycles.